The third-order valence-electron chi connectivity index (χ3n) is 4.84. The number of fused-ring (bicyclic) bond motifs is 1. The molecule has 0 bridgehead atoms. The first-order chi connectivity index (χ1) is 14.7. The van der Waals surface area contributed by atoms with E-state index in [1.165, 1.54) is 6.33 Å². The summed E-state index contributed by atoms with van der Waals surface area (Å²) in [5, 5.41) is 7.01. The first-order valence-electron chi connectivity index (χ1n) is 9.78. The van der Waals surface area contributed by atoms with Crippen LogP contribution in [0.5, 0.6) is 11.5 Å². The maximum absolute atomic E-state index is 12.4. The van der Waals surface area contributed by atoms with Crippen LogP contribution >= 0.6 is 0 Å². The zero-order valence-corrected chi connectivity index (χ0v) is 16.4. The topological polar surface area (TPSA) is 95.3 Å². The van der Waals surface area contributed by atoms with E-state index in [9.17, 15) is 9.59 Å². The number of benzene rings is 2. The minimum Gasteiger partial charge on any atom is -0.486 e. The van der Waals surface area contributed by atoms with Gasteiger partial charge in [0, 0.05) is 24.9 Å². The lowest BCUT2D eigenvalue weighted by molar-refractivity contribution is -0.121. The van der Waals surface area contributed by atoms with Crippen molar-refractivity contribution in [3.05, 3.63) is 71.8 Å². The normalized spacial score (nSPS) is 12.4. The van der Waals surface area contributed by atoms with Gasteiger partial charge in [-0.25, -0.2) is 9.67 Å². The summed E-state index contributed by atoms with van der Waals surface area (Å²) in [5.74, 6) is 0.936. The van der Waals surface area contributed by atoms with Crippen molar-refractivity contribution in [2.45, 2.75) is 25.9 Å². The van der Waals surface area contributed by atoms with Crippen molar-refractivity contribution in [1.29, 1.82) is 0 Å². The molecule has 1 aliphatic rings. The van der Waals surface area contributed by atoms with Gasteiger partial charge < -0.3 is 14.8 Å². The van der Waals surface area contributed by atoms with Crippen LogP contribution in [-0.4, -0.2) is 39.7 Å². The van der Waals surface area contributed by atoms with Gasteiger partial charge >= 0.3 is 0 Å². The molecule has 0 saturated heterocycles. The molecule has 2 aromatic carbocycles. The molecule has 0 saturated carbocycles. The highest BCUT2D eigenvalue weighted by molar-refractivity contribution is 5.98. The zero-order valence-electron chi connectivity index (χ0n) is 16.4. The molecule has 1 aromatic heterocycles. The van der Waals surface area contributed by atoms with E-state index in [-0.39, 0.29) is 24.5 Å². The Kier molecular flexibility index (Phi) is 6.03. The third-order valence-corrected chi connectivity index (χ3v) is 4.84. The fourth-order valence-corrected chi connectivity index (χ4v) is 3.24. The van der Waals surface area contributed by atoms with Gasteiger partial charge in [0.1, 0.15) is 25.9 Å². The van der Waals surface area contributed by atoms with Crippen LogP contribution in [0.3, 0.4) is 0 Å². The van der Waals surface area contributed by atoms with Crippen LogP contribution in [0.25, 0.3) is 0 Å². The number of hydrogen-bond donors (Lipinski definition) is 1. The molecule has 0 atom stereocenters. The Morgan fingerprint density at radius 3 is 2.60 bits per heavy atom. The molecule has 1 N–H and O–H groups in total. The molecule has 154 valence electrons. The summed E-state index contributed by atoms with van der Waals surface area (Å²) >= 11 is 0. The number of nitrogens with zero attached hydrogens (tertiary/aromatic N) is 3. The van der Waals surface area contributed by atoms with Crippen LogP contribution in [0.2, 0.25) is 0 Å². The quantitative estimate of drug-likeness (QED) is 0.577. The van der Waals surface area contributed by atoms with Gasteiger partial charge in [-0.2, -0.15) is 5.10 Å². The second-order valence-corrected chi connectivity index (χ2v) is 6.92. The summed E-state index contributed by atoms with van der Waals surface area (Å²) in [6.07, 6.45) is 3.40. The molecule has 3 aromatic rings. The van der Waals surface area contributed by atoms with Gasteiger partial charge in [-0.15, -0.1) is 0 Å². The minimum absolute atomic E-state index is 0.103. The summed E-state index contributed by atoms with van der Waals surface area (Å²) in [6, 6.07) is 12.9. The predicted octanol–water partition coefficient (Wildman–Crippen LogP) is 2.38. The highest BCUT2D eigenvalue weighted by atomic mass is 16.6. The fourth-order valence-electron chi connectivity index (χ4n) is 3.24. The maximum atomic E-state index is 12.4. The van der Waals surface area contributed by atoms with E-state index >= 15 is 0 Å². The Bertz CT molecular complexity index is 1030. The number of ketones is 1. The number of carbonyl (C=O) groups excluding carboxylic acids is 2. The highest BCUT2D eigenvalue weighted by Crippen LogP contribution is 2.31. The van der Waals surface area contributed by atoms with Crippen molar-refractivity contribution in [3.63, 3.8) is 0 Å². The second kappa shape index (κ2) is 9.21. The summed E-state index contributed by atoms with van der Waals surface area (Å²) < 4.78 is 12.7. The molecular formula is C22H22N4O4. The lowest BCUT2D eigenvalue weighted by atomic mass is 10.1. The molecule has 30 heavy (non-hydrogen) atoms. The van der Waals surface area contributed by atoms with Crippen molar-refractivity contribution in [3.8, 4) is 11.5 Å². The molecule has 4 rings (SSSR count). The number of nitrogens with one attached hydrogen (secondary N) is 1. The number of aromatic nitrogens is 3. The van der Waals surface area contributed by atoms with E-state index in [2.05, 4.69) is 15.4 Å². The van der Waals surface area contributed by atoms with Crippen LogP contribution in [0.15, 0.2) is 55.1 Å². The third kappa shape index (κ3) is 4.83. The smallest absolute Gasteiger partial charge is 0.220 e. The summed E-state index contributed by atoms with van der Waals surface area (Å²) in [4.78, 5) is 28.7. The van der Waals surface area contributed by atoms with Crippen LogP contribution in [0, 0.1) is 0 Å². The lowest BCUT2D eigenvalue weighted by Gasteiger charge is -2.18. The molecule has 1 aliphatic heterocycles. The van der Waals surface area contributed by atoms with Crippen molar-refractivity contribution in [1.82, 2.24) is 20.1 Å². The number of ether oxygens (including phenoxy) is 2. The average molecular weight is 406 g/mol. The molecule has 0 unspecified atom stereocenters. The van der Waals surface area contributed by atoms with Crippen molar-refractivity contribution in [2.75, 3.05) is 13.2 Å². The Morgan fingerprint density at radius 1 is 1.00 bits per heavy atom. The van der Waals surface area contributed by atoms with Gasteiger partial charge in [-0.05, 0) is 29.3 Å². The molecular weight excluding hydrogens is 384 g/mol. The summed E-state index contributed by atoms with van der Waals surface area (Å²) in [6.45, 7) is 1.93. The monoisotopic (exact) mass is 406 g/mol. The van der Waals surface area contributed by atoms with Gasteiger partial charge in [-0.3, -0.25) is 9.59 Å². The van der Waals surface area contributed by atoms with E-state index in [1.54, 1.807) is 29.2 Å². The van der Waals surface area contributed by atoms with Crippen molar-refractivity contribution in [2.24, 2.45) is 0 Å². The number of Topliss-reactive ketones (excluding diaryl/α,β-unsaturated/α-hetero) is 1. The highest BCUT2D eigenvalue weighted by Gasteiger charge is 2.16. The first kappa shape index (κ1) is 19.6. The molecule has 2 heterocycles. The Balaban J connectivity index is 1.29. The van der Waals surface area contributed by atoms with Gasteiger partial charge in [0.25, 0.3) is 0 Å². The first-order valence-corrected chi connectivity index (χ1v) is 9.78. The van der Waals surface area contributed by atoms with E-state index < -0.39 is 0 Å². The summed E-state index contributed by atoms with van der Waals surface area (Å²) in [5.41, 5.74) is 2.57. The van der Waals surface area contributed by atoms with Crippen LogP contribution in [0.1, 0.15) is 34.3 Å². The Hall–Kier alpha value is -3.68. The van der Waals surface area contributed by atoms with Gasteiger partial charge in [0.2, 0.25) is 5.91 Å². The van der Waals surface area contributed by atoms with Gasteiger partial charge in [0.15, 0.2) is 17.3 Å². The van der Waals surface area contributed by atoms with Crippen LogP contribution < -0.4 is 14.8 Å². The molecule has 1 amide bonds. The Labute approximate surface area is 173 Å². The molecule has 8 nitrogen and oxygen atoms in total. The van der Waals surface area contributed by atoms with E-state index in [0.29, 0.717) is 43.4 Å². The minimum atomic E-state index is -0.170. The van der Waals surface area contributed by atoms with Gasteiger partial charge in [0.05, 0.1) is 6.54 Å². The predicted molar refractivity (Wildman–Crippen MR) is 108 cm³/mol. The average Bonchev–Trinajstić information content (AvgIpc) is 3.29. The molecule has 0 aliphatic carbocycles. The lowest BCUT2D eigenvalue weighted by Crippen LogP contribution is -2.24. The molecule has 8 heteroatoms. The molecule has 0 fully saturated rings. The standard InChI is InChI=1S/C22H22N4O4/c27-19(16-5-7-20-21(11-16)30-10-9-29-20)6-8-22(28)24-12-17-3-1-2-4-18(17)13-26-15-23-14-25-26/h1-5,7,11,14-15H,6,8-10,12-13H2,(H,24,28). The zero-order chi connectivity index (χ0) is 20.8. The molecule has 0 radical (unpaired) electrons. The number of rotatable bonds is 8. The second-order valence-electron chi connectivity index (χ2n) is 6.92. The largest absolute Gasteiger partial charge is 0.486 e. The van der Waals surface area contributed by atoms with Crippen LogP contribution in [0.4, 0.5) is 0 Å². The van der Waals surface area contributed by atoms with Crippen LogP contribution in [-0.2, 0) is 17.9 Å². The van der Waals surface area contributed by atoms with E-state index in [0.717, 1.165) is 11.1 Å². The fraction of sp³-hybridized carbons (Fsp3) is 0.273. The number of amides is 1. The maximum Gasteiger partial charge on any atom is 0.220 e. The number of carbonyl (C=O) groups is 2. The van der Waals surface area contributed by atoms with E-state index in [4.69, 9.17) is 9.47 Å². The molecule has 0 spiro atoms. The van der Waals surface area contributed by atoms with Gasteiger partial charge in [-0.1, -0.05) is 24.3 Å². The van der Waals surface area contributed by atoms with Crippen molar-refractivity contribution < 1.29 is 19.1 Å². The Morgan fingerprint density at radius 2 is 1.80 bits per heavy atom. The summed E-state index contributed by atoms with van der Waals surface area (Å²) in [7, 11) is 0. The van der Waals surface area contributed by atoms with E-state index in [1.807, 2.05) is 24.3 Å². The van der Waals surface area contributed by atoms with Crippen molar-refractivity contribution >= 4 is 11.7 Å². The SMILES string of the molecule is O=C(CCC(=O)c1ccc2c(c1)OCCO2)NCc1ccccc1Cn1cncn1. The number of hydrogen-bond acceptors (Lipinski definition) is 6.